The van der Waals surface area contributed by atoms with Crippen LogP contribution < -0.4 is 10.1 Å². The van der Waals surface area contributed by atoms with Gasteiger partial charge in [-0.05, 0) is 55.0 Å². The van der Waals surface area contributed by atoms with Crippen LogP contribution in [0.1, 0.15) is 15.9 Å². The molecule has 3 aromatic carbocycles. The maximum atomic E-state index is 12.4. The maximum absolute atomic E-state index is 12.4. The lowest BCUT2D eigenvalue weighted by Gasteiger charge is -2.08. The molecule has 1 amide bonds. The first-order valence-corrected chi connectivity index (χ1v) is 10.1. The van der Waals surface area contributed by atoms with Gasteiger partial charge in [-0.15, -0.1) is 0 Å². The third-order valence-electron chi connectivity index (χ3n) is 4.42. The summed E-state index contributed by atoms with van der Waals surface area (Å²) < 4.78 is 6.60. The number of anilines is 1. The Morgan fingerprint density at radius 3 is 2.27 bits per heavy atom. The molecule has 30 heavy (non-hydrogen) atoms. The molecule has 0 atom stereocenters. The van der Waals surface area contributed by atoms with Crippen LogP contribution in [-0.4, -0.2) is 15.9 Å². The lowest BCUT2D eigenvalue weighted by molar-refractivity contribution is 0.102. The zero-order valence-corrected chi connectivity index (χ0v) is 17.8. The molecule has 148 valence electrons. The van der Waals surface area contributed by atoms with E-state index in [1.165, 1.54) is 5.56 Å². The summed E-state index contributed by atoms with van der Waals surface area (Å²) in [6.45, 7) is 2.05. The quantitative estimate of drug-likeness (QED) is 0.382. The van der Waals surface area contributed by atoms with E-state index in [9.17, 15) is 4.79 Å². The van der Waals surface area contributed by atoms with Crippen LogP contribution in [0.3, 0.4) is 0 Å². The van der Waals surface area contributed by atoms with E-state index in [2.05, 4.69) is 31.2 Å². The highest BCUT2D eigenvalue weighted by molar-refractivity contribution is 9.10. The fraction of sp³-hybridized carbons (Fsp3) is 0.0417. The molecule has 0 bridgehead atoms. The highest BCUT2D eigenvalue weighted by Crippen LogP contribution is 2.23. The second kappa shape index (κ2) is 8.88. The number of nitrogens with one attached hydrogen (secondary N) is 1. The molecule has 5 nitrogen and oxygen atoms in total. The molecular formula is C24H18BrN3O2. The van der Waals surface area contributed by atoms with Crippen LogP contribution in [0.4, 0.5) is 5.69 Å². The Kier molecular flexibility index (Phi) is 5.86. The zero-order chi connectivity index (χ0) is 20.9. The van der Waals surface area contributed by atoms with Crippen molar-refractivity contribution in [2.24, 2.45) is 0 Å². The van der Waals surface area contributed by atoms with E-state index in [0.717, 1.165) is 21.3 Å². The number of rotatable bonds is 5. The fourth-order valence-corrected chi connectivity index (χ4v) is 3.21. The largest absolute Gasteiger partial charge is 0.424 e. The van der Waals surface area contributed by atoms with E-state index in [1.54, 1.807) is 36.7 Å². The van der Waals surface area contributed by atoms with Gasteiger partial charge in [-0.1, -0.05) is 51.8 Å². The third kappa shape index (κ3) is 4.90. The van der Waals surface area contributed by atoms with E-state index in [1.807, 2.05) is 55.5 Å². The Morgan fingerprint density at radius 2 is 1.60 bits per heavy atom. The first kappa shape index (κ1) is 19.8. The monoisotopic (exact) mass is 459 g/mol. The van der Waals surface area contributed by atoms with Crippen molar-refractivity contribution in [2.45, 2.75) is 6.92 Å². The normalized spacial score (nSPS) is 10.5. The van der Waals surface area contributed by atoms with Gasteiger partial charge in [-0.25, -0.2) is 9.97 Å². The van der Waals surface area contributed by atoms with E-state index in [4.69, 9.17) is 4.74 Å². The second-order valence-corrected chi connectivity index (χ2v) is 7.63. The van der Waals surface area contributed by atoms with E-state index < -0.39 is 0 Å². The van der Waals surface area contributed by atoms with Crippen molar-refractivity contribution in [1.29, 1.82) is 0 Å². The van der Waals surface area contributed by atoms with Crippen molar-refractivity contribution >= 4 is 27.5 Å². The molecule has 0 aliphatic heterocycles. The van der Waals surface area contributed by atoms with Gasteiger partial charge in [0.15, 0.2) is 0 Å². The lowest BCUT2D eigenvalue weighted by atomic mass is 10.1. The Labute approximate surface area is 182 Å². The minimum atomic E-state index is -0.196. The number of carbonyl (C=O) groups is 1. The lowest BCUT2D eigenvalue weighted by Crippen LogP contribution is -2.11. The summed E-state index contributed by atoms with van der Waals surface area (Å²) in [4.78, 5) is 21.0. The van der Waals surface area contributed by atoms with Crippen LogP contribution in [0.2, 0.25) is 0 Å². The predicted octanol–water partition coefficient (Wildman–Crippen LogP) is 6.26. The zero-order valence-electron chi connectivity index (χ0n) is 16.2. The molecule has 0 saturated carbocycles. The molecule has 0 fully saturated rings. The fourth-order valence-electron chi connectivity index (χ4n) is 2.81. The molecule has 4 aromatic rings. The molecule has 6 heteroatoms. The average Bonchev–Trinajstić information content (AvgIpc) is 2.75. The summed E-state index contributed by atoms with van der Waals surface area (Å²) in [7, 11) is 0. The number of hydrogen-bond acceptors (Lipinski definition) is 4. The molecule has 1 N–H and O–H groups in total. The summed E-state index contributed by atoms with van der Waals surface area (Å²) in [6.07, 6.45) is 3.46. The van der Waals surface area contributed by atoms with E-state index in [0.29, 0.717) is 11.3 Å². The second-order valence-electron chi connectivity index (χ2n) is 6.71. The summed E-state index contributed by atoms with van der Waals surface area (Å²) in [5, 5.41) is 2.86. The van der Waals surface area contributed by atoms with Gasteiger partial charge < -0.3 is 10.1 Å². The first-order valence-electron chi connectivity index (χ1n) is 9.31. The summed E-state index contributed by atoms with van der Waals surface area (Å²) in [6, 6.07) is 22.7. The molecule has 0 unspecified atom stereocenters. The minimum absolute atomic E-state index is 0.196. The van der Waals surface area contributed by atoms with E-state index in [-0.39, 0.29) is 11.9 Å². The van der Waals surface area contributed by atoms with Crippen LogP contribution in [0.5, 0.6) is 11.8 Å². The van der Waals surface area contributed by atoms with Gasteiger partial charge in [0, 0.05) is 33.7 Å². The third-order valence-corrected chi connectivity index (χ3v) is 4.91. The molecule has 0 radical (unpaired) electrons. The standard InChI is InChI=1S/C24H18BrN3O2/c1-16-5-7-17(8-6-16)19-14-26-24(27-15-19)30-22-11-9-18(10-12-22)23(29)28-21-4-2-3-20(25)13-21/h2-15H,1H3,(H,28,29). The number of ether oxygens (including phenoxy) is 1. The number of halogens is 1. The van der Waals surface area contributed by atoms with Crippen LogP contribution >= 0.6 is 15.9 Å². The number of carbonyl (C=O) groups excluding carboxylic acids is 1. The number of aryl methyl sites for hydroxylation is 1. The van der Waals surface area contributed by atoms with Crippen molar-refractivity contribution in [3.8, 4) is 22.9 Å². The SMILES string of the molecule is Cc1ccc(-c2cnc(Oc3ccc(C(=O)Nc4cccc(Br)c4)cc3)nc2)cc1. The Morgan fingerprint density at radius 1 is 0.900 bits per heavy atom. The van der Waals surface area contributed by atoms with Gasteiger partial charge in [0.1, 0.15) is 5.75 Å². The molecule has 1 heterocycles. The van der Waals surface area contributed by atoms with Gasteiger partial charge >= 0.3 is 6.01 Å². The average molecular weight is 460 g/mol. The van der Waals surface area contributed by atoms with Crippen molar-refractivity contribution in [1.82, 2.24) is 9.97 Å². The van der Waals surface area contributed by atoms with Crippen molar-refractivity contribution in [3.05, 3.63) is 101 Å². The number of aromatic nitrogens is 2. The molecule has 0 aliphatic carbocycles. The predicted molar refractivity (Wildman–Crippen MR) is 121 cm³/mol. The number of nitrogens with zero attached hydrogens (tertiary/aromatic N) is 2. The number of amides is 1. The van der Waals surface area contributed by atoms with Gasteiger partial charge in [0.2, 0.25) is 0 Å². The van der Waals surface area contributed by atoms with Gasteiger partial charge in [-0.2, -0.15) is 0 Å². The van der Waals surface area contributed by atoms with Crippen molar-refractivity contribution in [3.63, 3.8) is 0 Å². The molecule has 0 saturated heterocycles. The highest BCUT2D eigenvalue weighted by Gasteiger charge is 2.08. The van der Waals surface area contributed by atoms with E-state index >= 15 is 0 Å². The Bertz CT molecular complexity index is 1160. The summed E-state index contributed by atoms with van der Waals surface area (Å²) in [5.74, 6) is 0.357. The Balaban J connectivity index is 1.40. The summed E-state index contributed by atoms with van der Waals surface area (Å²) >= 11 is 3.39. The molecule has 0 spiro atoms. The van der Waals surface area contributed by atoms with Gasteiger partial charge in [0.05, 0.1) is 0 Å². The van der Waals surface area contributed by atoms with Crippen LogP contribution in [0.25, 0.3) is 11.1 Å². The molecule has 4 rings (SSSR count). The van der Waals surface area contributed by atoms with Crippen LogP contribution in [0, 0.1) is 6.92 Å². The highest BCUT2D eigenvalue weighted by atomic mass is 79.9. The molecule has 1 aromatic heterocycles. The van der Waals surface area contributed by atoms with Crippen molar-refractivity contribution in [2.75, 3.05) is 5.32 Å². The molecule has 0 aliphatic rings. The van der Waals surface area contributed by atoms with Crippen LogP contribution in [-0.2, 0) is 0 Å². The first-order chi connectivity index (χ1) is 14.6. The summed E-state index contributed by atoms with van der Waals surface area (Å²) in [5.41, 5.74) is 4.41. The smallest absolute Gasteiger partial charge is 0.321 e. The Hall–Kier alpha value is -3.51. The number of benzene rings is 3. The molecular weight excluding hydrogens is 442 g/mol. The van der Waals surface area contributed by atoms with Crippen LogP contribution in [0.15, 0.2) is 89.7 Å². The maximum Gasteiger partial charge on any atom is 0.321 e. The minimum Gasteiger partial charge on any atom is -0.424 e. The van der Waals surface area contributed by atoms with Gasteiger partial charge in [-0.3, -0.25) is 4.79 Å². The van der Waals surface area contributed by atoms with Crippen molar-refractivity contribution < 1.29 is 9.53 Å². The van der Waals surface area contributed by atoms with Gasteiger partial charge in [0.25, 0.3) is 5.91 Å². The topological polar surface area (TPSA) is 64.1 Å². The number of hydrogen-bond donors (Lipinski definition) is 1.